The molecule has 2 rings (SSSR count). The molecule has 1 fully saturated rings. The first-order chi connectivity index (χ1) is 10.7. The smallest absolute Gasteiger partial charge is 0.251 e. The lowest BCUT2D eigenvalue weighted by Crippen LogP contribution is -2.35. The Labute approximate surface area is 130 Å². The van der Waals surface area contributed by atoms with Gasteiger partial charge in [-0.2, -0.15) is 0 Å². The van der Waals surface area contributed by atoms with Crippen LogP contribution in [0.15, 0.2) is 12.1 Å². The van der Waals surface area contributed by atoms with Crippen LogP contribution in [0.1, 0.15) is 29.6 Å². The summed E-state index contributed by atoms with van der Waals surface area (Å²) >= 11 is 0. The van der Waals surface area contributed by atoms with Crippen LogP contribution < -0.4 is 19.5 Å². The standard InChI is InChI=1S/C16H23NO5/c1-19-13-8-11(9-14(20-2)15(13)21-3)16(18)17-10-12-6-4-5-7-22-12/h8-9,12H,4-7,10H2,1-3H3,(H,17,18)/t12-/m0/s1. The molecule has 1 aromatic rings. The van der Waals surface area contributed by atoms with Gasteiger partial charge in [0, 0.05) is 18.7 Å². The Bertz CT molecular complexity index is 486. The molecule has 0 spiro atoms. The zero-order valence-electron chi connectivity index (χ0n) is 13.3. The van der Waals surface area contributed by atoms with Crippen LogP contribution in [0.2, 0.25) is 0 Å². The van der Waals surface area contributed by atoms with Crippen molar-refractivity contribution in [1.82, 2.24) is 5.32 Å². The van der Waals surface area contributed by atoms with Crippen molar-refractivity contribution in [3.05, 3.63) is 17.7 Å². The molecule has 0 radical (unpaired) electrons. The van der Waals surface area contributed by atoms with Crippen molar-refractivity contribution in [3.63, 3.8) is 0 Å². The predicted octanol–water partition coefficient (Wildman–Crippen LogP) is 2.01. The highest BCUT2D eigenvalue weighted by Crippen LogP contribution is 2.38. The fraction of sp³-hybridized carbons (Fsp3) is 0.562. The third-order valence-corrected chi connectivity index (χ3v) is 3.69. The van der Waals surface area contributed by atoms with E-state index < -0.39 is 0 Å². The maximum Gasteiger partial charge on any atom is 0.251 e. The molecule has 1 aliphatic heterocycles. The highest BCUT2D eigenvalue weighted by atomic mass is 16.5. The first kappa shape index (κ1) is 16.4. The topological polar surface area (TPSA) is 66.0 Å². The average Bonchev–Trinajstić information content (AvgIpc) is 2.59. The largest absolute Gasteiger partial charge is 0.493 e. The third kappa shape index (κ3) is 3.82. The van der Waals surface area contributed by atoms with Crippen molar-refractivity contribution in [1.29, 1.82) is 0 Å². The highest BCUT2D eigenvalue weighted by molar-refractivity contribution is 5.95. The number of ether oxygens (including phenoxy) is 4. The number of carbonyl (C=O) groups is 1. The van der Waals surface area contributed by atoms with Crippen LogP contribution in [0.4, 0.5) is 0 Å². The molecule has 22 heavy (non-hydrogen) atoms. The van der Waals surface area contributed by atoms with Crippen LogP contribution in [0, 0.1) is 0 Å². The van der Waals surface area contributed by atoms with Gasteiger partial charge in [-0.25, -0.2) is 0 Å². The normalized spacial score (nSPS) is 17.7. The lowest BCUT2D eigenvalue weighted by atomic mass is 10.1. The Balaban J connectivity index is 2.08. The van der Waals surface area contributed by atoms with Crippen molar-refractivity contribution < 1.29 is 23.7 Å². The molecule has 0 aromatic heterocycles. The van der Waals surface area contributed by atoms with Crippen LogP contribution in [0.3, 0.4) is 0 Å². The lowest BCUT2D eigenvalue weighted by Gasteiger charge is -2.22. The Morgan fingerprint density at radius 1 is 1.18 bits per heavy atom. The van der Waals surface area contributed by atoms with Gasteiger partial charge in [-0.1, -0.05) is 0 Å². The Kier molecular flexibility index (Phi) is 5.89. The molecule has 1 atom stereocenters. The van der Waals surface area contributed by atoms with Gasteiger partial charge in [0.2, 0.25) is 5.75 Å². The maximum absolute atomic E-state index is 12.3. The second kappa shape index (κ2) is 7.89. The van der Waals surface area contributed by atoms with E-state index in [-0.39, 0.29) is 12.0 Å². The van der Waals surface area contributed by atoms with Crippen LogP contribution in [0.5, 0.6) is 17.2 Å². The summed E-state index contributed by atoms with van der Waals surface area (Å²) in [4.78, 5) is 12.3. The fourth-order valence-corrected chi connectivity index (χ4v) is 2.49. The minimum absolute atomic E-state index is 0.0970. The molecular weight excluding hydrogens is 286 g/mol. The Morgan fingerprint density at radius 2 is 1.86 bits per heavy atom. The van der Waals surface area contributed by atoms with Gasteiger partial charge in [0.05, 0.1) is 27.4 Å². The van der Waals surface area contributed by atoms with Gasteiger partial charge in [0.25, 0.3) is 5.91 Å². The molecule has 1 aliphatic rings. The van der Waals surface area contributed by atoms with Crippen LogP contribution >= 0.6 is 0 Å². The average molecular weight is 309 g/mol. The summed E-state index contributed by atoms with van der Waals surface area (Å²) in [5.41, 5.74) is 0.463. The van der Waals surface area contributed by atoms with Crippen molar-refractivity contribution in [2.45, 2.75) is 25.4 Å². The zero-order valence-corrected chi connectivity index (χ0v) is 13.3. The molecule has 0 unspecified atom stereocenters. The summed E-state index contributed by atoms with van der Waals surface area (Å²) < 4.78 is 21.4. The van der Waals surface area contributed by atoms with Gasteiger partial charge in [0.15, 0.2) is 11.5 Å². The molecule has 6 heteroatoms. The molecule has 1 saturated heterocycles. The second-order valence-electron chi connectivity index (χ2n) is 5.11. The summed E-state index contributed by atoms with van der Waals surface area (Å²) in [5.74, 6) is 1.20. The van der Waals surface area contributed by atoms with E-state index in [1.807, 2.05) is 0 Å². The van der Waals surface area contributed by atoms with Crippen LogP contribution in [0.25, 0.3) is 0 Å². The summed E-state index contributed by atoms with van der Waals surface area (Å²) in [6, 6.07) is 3.27. The number of hydrogen-bond donors (Lipinski definition) is 1. The SMILES string of the molecule is COc1cc(C(=O)NC[C@@H]2CCCCO2)cc(OC)c1OC. The fourth-order valence-electron chi connectivity index (χ4n) is 2.49. The molecule has 1 amide bonds. The summed E-state index contributed by atoms with van der Waals surface area (Å²) in [6.07, 6.45) is 3.32. The maximum atomic E-state index is 12.3. The number of rotatable bonds is 6. The molecule has 0 bridgehead atoms. The van der Waals surface area contributed by atoms with Crippen molar-refractivity contribution in [3.8, 4) is 17.2 Å². The number of amides is 1. The number of methoxy groups -OCH3 is 3. The van der Waals surface area contributed by atoms with E-state index in [1.165, 1.54) is 21.3 Å². The van der Waals surface area contributed by atoms with Gasteiger partial charge < -0.3 is 24.3 Å². The quantitative estimate of drug-likeness (QED) is 0.871. The lowest BCUT2D eigenvalue weighted by molar-refractivity contribution is 0.0169. The van der Waals surface area contributed by atoms with Crippen LogP contribution in [-0.4, -0.2) is 46.5 Å². The minimum atomic E-state index is -0.187. The summed E-state index contributed by atoms with van der Waals surface area (Å²) in [5, 5.41) is 2.89. The van der Waals surface area contributed by atoms with Gasteiger partial charge in [-0.3, -0.25) is 4.79 Å². The summed E-state index contributed by atoms with van der Waals surface area (Å²) in [7, 11) is 4.57. The van der Waals surface area contributed by atoms with E-state index in [4.69, 9.17) is 18.9 Å². The second-order valence-corrected chi connectivity index (χ2v) is 5.11. The van der Waals surface area contributed by atoms with Gasteiger partial charge in [0.1, 0.15) is 0 Å². The van der Waals surface area contributed by atoms with Crippen molar-refractivity contribution in [2.75, 3.05) is 34.5 Å². The van der Waals surface area contributed by atoms with E-state index in [1.54, 1.807) is 12.1 Å². The van der Waals surface area contributed by atoms with Gasteiger partial charge in [-0.05, 0) is 31.4 Å². The number of nitrogens with one attached hydrogen (secondary N) is 1. The molecule has 6 nitrogen and oxygen atoms in total. The van der Waals surface area contributed by atoms with E-state index in [9.17, 15) is 4.79 Å². The van der Waals surface area contributed by atoms with Gasteiger partial charge in [-0.15, -0.1) is 0 Å². The number of hydrogen-bond acceptors (Lipinski definition) is 5. The van der Waals surface area contributed by atoms with Crippen molar-refractivity contribution in [2.24, 2.45) is 0 Å². The summed E-state index contributed by atoms with van der Waals surface area (Å²) in [6.45, 7) is 1.28. The molecule has 0 aliphatic carbocycles. The number of benzene rings is 1. The minimum Gasteiger partial charge on any atom is -0.493 e. The zero-order chi connectivity index (χ0) is 15.9. The van der Waals surface area contributed by atoms with Crippen LogP contribution in [-0.2, 0) is 4.74 Å². The van der Waals surface area contributed by atoms with E-state index in [0.717, 1.165) is 25.9 Å². The molecule has 1 heterocycles. The van der Waals surface area contributed by atoms with Crippen molar-refractivity contribution >= 4 is 5.91 Å². The third-order valence-electron chi connectivity index (χ3n) is 3.69. The molecule has 1 aromatic carbocycles. The Hall–Kier alpha value is -1.95. The molecule has 0 saturated carbocycles. The molecular formula is C16H23NO5. The monoisotopic (exact) mass is 309 g/mol. The highest BCUT2D eigenvalue weighted by Gasteiger charge is 2.19. The first-order valence-electron chi connectivity index (χ1n) is 7.39. The molecule has 122 valence electrons. The Morgan fingerprint density at radius 3 is 2.36 bits per heavy atom. The number of carbonyl (C=O) groups excluding carboxylic acids is 1. The molecule has 1 N–H and O–H groups in total. The van der Waals surface area contributed by atoms with Gasteiger partial charge >= 0.3 is 0 Å². The van der Waals surface area contributed by atoms with E-state index in [2.05, 4.69) is 5.32 Å². The van der Waals surface area contributed by atoms with E-state index in [0.29, 0.717) is 29.4 Å². The first-order valence-corrected chi connectivity index (χ1v) is 7.39. The predicted molar refractivity (Wildman–Crippen MR) is 82.0 cm³/mol. The van der Waals surface area contributed by atoms with E-state index >= 15 is 0 Å².